The zero-order chi connectivity index (χ0) is 24.2. The van der Waals surface area contributed by atoms with Crippen molar-refractivity contribution in [1.29, 1.82) is 0 Å². The third-order valence-corrected chi connectivity index (χ3v) is 6.66. The lowest BCUT2D eigenvalue weighted by Crippen LogP contribution is -2.50. The van der Waals surface area contributed by atoms with Crippen LogP contribution >= 0.6 is 11.8 Å². The molecule has 0 radical (unpaired) electrons. The van der Waals surface area contributed by atoms with Crippen LogP contribution in [0.1, 0.15) is 5.69 Å². The quantitative estimate of drug-likeness (QED) is 0.614. The van der Waals surface area contributed by atoms with Crippen LogP contribution < -0.4 is 20.4 Å². The number of amides is 4. The molecule has 0 bridgehead atoms. The van der Waals surface area contributed by atoms with Gasteiger partial charge in [0.1, 0.15) is 5.82 Å². The van der Waals surface area contributed by atoms with Crippen molar-refractivity contribution < 1.29 is 19.1 Å². The molecule has 4 amide bonds. The van der Waals surface area contributed by atoms with Gasteiger partial charge in [0, 0.05) is 51.0 Å². The molecule has 4 heterocycles. The van der Waals surface area contributed by atoms with Crippen LogP contribution in [0.2, 0.25) is 0 Å². The maximum Gasteiger partial charge on any atom is 0.321 e. The van der Waals surface area contributed by atoms with Gasteiger partial charge in [0.15, 0.2) is 0 Å². The van der Waals surface area contributed by atoms with Crippen LogP contribution in [-0.2, 0) is 9.53 Å². The molecule has 0 unspecified atom stereocenters. The summed E-state index contributed by atoms with van der Waals surface area (Å²) in [5, 5.41) is 4.79. The first-order valence-electron chi connectivity index (χ1n) is 11.4. The molecule has 1 aromatic heterocycles. The maximum absolute atomic E-state index is 12.6. The summed E-state index contributed by atoms with van der Waals surface area (Å²) in [6.07, 6.45) is 1.61. The van der Waals surface area contributed by atoms with Crippen molar-refractivity contribution in [2.75, 3.05) is 67.6 Å². The minimum Gasteiger partial charge on any atom is -0.378 e. The third-order valence-electron chi connectivity index (χ3n) is 5.85. The van der Waals surface area contributed by atoms with Crippen LogP contribution in [-0.4, -0.2) is 84.5 Å². The Morgan fingerprint density at radius 3 is 2.43 bits per heavy atom. The molecule has 5 rings (SSSR count). The molecule has 35 heavy (non-hydrogen) atoms. The number of carbonyl (C=O) groups excluding carboxylic acids is 3. The summed E-state index contributed by atoms with van der Waals surface area (Å²) >= 11 is 0.858. The van der Waals surface area contributed by atoms with Gasteiger partial charge in [-0.3, -0.25) is 14.9 Å². The molecule has 3 aliphatic rings. The zero-order valence-electron chi connectivity index (χ0n) is 19.0. The number of aromatic nitrogens is 2. The maximum atomic E-state index is 12.6. The minimum absolute atomic E-state index is 0.141. The van der Waals surface area contributed by atoms with Gasteiger partial charge in [0.25, 0.3) is 11.1 Å². The van der Waals surface area contributed by atoms with Gasteiger partial charge in [-0.1, -0.05) is 18.2 Å². The van der Waals surface area contributed by atoms with Crippen LogP contribution in [0.3, 0.4) is 0 Å². The summed E-state index contributed by atoms with van der Waals surface area (Å²) in [6.45, 7) is 4.80. The number of anilines is 3. The lowest BCUT2D eigenvalue weighted by Gasteiger charge is -2.35. The number of morpholine rings is 1. The monoisotopic (exact) mass is 495 g/mol. The summed E-state index contributed by atoms with van der Waals surface area (Å²) in [5.74, 6) is 0.842. The molecule has 11 nitrogen and oxygen atoms in total. The normalized spacial score (nSPS) is 19.8. The minimum atomic E-state index is -0.425. The van der Waals surface area contributed by atoms with E-state index in [2.05, 4.69) is 20.5 Å². The molecule has 3 aliphatic heterocycles. The molecular weight excluding hydrogens is 470 g/mol. The van der Waals surface area contributed by atoms with Crippen molar-refractivity contribution in [2.24, 2.45) is 0 Å². The second kappa shape index (κ2) is 10.3. The first-order chi connectivity index (χ1) is 17.0. The molecule has 1 aromatic carbocycles. The Balaban J connectivity index is 1.33. The van der Waals surface area contributed by atoms with E-state index in [0.29, 0.717) is 69.0 Å². The van der Waals surface area contributed by atoms with Crippen LogP contribution in [0.4, 0.5) is 27.0 Å². The summed E-state index contributed by atoms with van der Waals surface area (Å²) < 4.78 is 5.46. The Kier molecular flexibility index (Phi) is 6.82. The first-order valence-corrected chi connectivity index (χ1v) is 12.2. The highest BCUT2D eigenvalue weighted by Crippen LogP contribution is 2.27. The Labute approximate surface area is 206 Å². The number of nitrogens with one attached hydrogen (secondary N) is 2. The standard InChI is InChI=1S/C23H25N7O4S/c31-20-18(35-23(33)27-20)14-17-15-19(28-10-12-34-13-11-28)26-21(24-17)29-6-8-30(9-7-29)22(32)25-16-4-2-1-3-5-16/h1-5,14-15H,6-13H2,(H,25,32)(H,27,31,33). The van der Waals surface area contributed by atoms with Gasteiger partial charge in [-0.15, -0.1) is 0 Å². The number of piperazine rings is 1. The topological polar surface area (TPSA) is 120 Å². The lowest BCUT2D eigenvalue weighted by molar-refractivity contribution is -0.115. The predicted molar refractivity (Wildman–Crippen MR) is 133 cm³/mol. The number of ether oxygens (including phenoxy) is 1. The number of para-hydroxylation sites is 1. The van der Waals surface area contributed by atoms with E-state index in [1.54, 1.807) is 11.0 Å². The molecule has 3 saturated heterocycles. The smallest absolute Gasteiger partial charge is 0.321 e. The van der Waals surface area contributed by atoms with E-state index in [0.717, 1.165) is 23.3 Å². The highest BCUT2D eigenvalue weighted by molar-refractivity contribution is 8.18. The van der Waals surface area contributed by atoms with Gasteiger partial charge in [0.05, 0.1) is 23.8 Å². The molecule has 0 spiro atoms. The summed E-state index contributed by atoms with van der Waals surface area (Å²) in [6, 6.07) is 11.0. The molecule has 0 atom stereocenters. The van der Waals surface area contributed by atoms with Gasteiger partial charge in [-0.2, -0.15) is 4.98 Å². The van der Waals surface area contributed by atoms with Gasteiger partial charge in [-0.25, -0.2) is 9.78 Å². The molecular formula is C23H25N7O4S. The molecule has 0 aliphatic carbocycles. The average molecular weight is 496 g/mol. The lowest BCUT2D eigenvalue weighted by atomic mass is 10.3. The van der Waals surface area contributed by atoms with Crippen molar-refractivity contribution in [1.82, 2.24) is 20.2 Å². The molecule has 2 N–H and O–H groups in total. The van der Waals surface area contributed by atoms with E-state index in [-0.39, 0.29) is 6.03 Å². The van der Waals surface area contributed by atoms with E-state index < -0.39 is 11.1 Å². The number of hydrogen-bond acceptors (Lipinski definition) is 9. The van der Waals surface area contributed by atoms with E-state index >= 15 is 0 Å². The Morgan fingerprint density at radius 1 is 1.00 bits per heavy atom. The van der Waals surface area contributed by atoms with Gasteiger partial charge in [-0.05, 0) is 30.0 Å². The number of nitrogens with zero attached hydrogens (tertiary/aromatic N) is 5. The number of hydrogen-bond donors (Lipinski definition) is 2. The van der Waals surface area contributed by atoms with E-state index in [9.17, 15) is 14.4 Å². The Morgan fingerprint density at radius 2 is 1.74 bits per heavy atom. The van der Waals surface area contributed by atoms with E-state index in [1.165, 1.54) is 0 Å². The van der Waals surface area contributed by atoms with Crippen LogP contribution in [0, 0.1) is 0 Å². The summed E-state index contributed by atoms with van der Waals surface area (Å²) in [4.78, 5) is 51.9. The highest BCUT2D eigenvalue weighted by atomic mass is 32.2. The molecule has 12 heteroatoms. The summed E-state index contributed by atoms with van der Waals surface area (Å²) in [7, 11) is 0. The van der Waals surface area contributed by atoms with Gasteiger partial charge in [0.2, 0.25) is 5.95 Å². The van der Waals surface area contributed by atoms with Crippen LogP contribution in [0.15, 0.2) is 41.3 Å². The molecule has 0 saturated carbocycles. The van der Waals surface area contributed by atoms with Crippen molar-refractivity contribution >= 4 is 52.5 Å². The number of urea groups is 1. The largest absolute Gasteiger partial charge is 0.378 e. The van der Waals surface area contributed by atoms with Gasteiger partial charge < -0.3 is 24.8 Å². The molecule has 182 valence electrons. The van der Waals surface area contributed by atoms with E-state index in [4.69, 9.17) is 9.72 Å². The Bertz CT molecular complexity index is 1150. The second-order valence-electron chi connectivity index (χ2n) is 8.17. The number of carbonyl (C=O) groups is 3. The van der Waals surface area contributed by atoms with Crippen molar-refractivity contribution in [3.8, 4) is 0 Å². The zero-order valence-corrected chi connectivity index (χ0v) is 19.8. The first kappa shape index (κ1) is 23.1. The van der Waals surface area contributed by atoms with Crippen LogP contribution in [0.25, 0.3) is 6.08 Å². The SMILES string of the molecule is O=C1NC(=O)C(=Cc2cc(N3CCOCC3)nc(N3CCN(C(=O)Nc4ccccc4)CC3)n2)S1. The van der Waals surface area contributed by atoms with E-state index in [1.807, 2.05) is 41.3 Å². The highest BCUT2D eigenvalue weighted by Gasteiger charge is 2.27. The fraction of sp³-hybridized carbons (Fsp3) is 0.348. The van der Waals surface area contributed by atoms with Crippen molar-refractivity contribution in [3.05, 3.63) is 47.0 Å². The van der Waals surface area contributed by atoms with Gasteiger partial charge >= 0.3 is 6.03 Å². The average Bonchev–Trinajstić information content (AvgIpc) is 3.21. The molecule has 2 aromatic rings. The predicted octanol–water partition coefficient (Wildman–Crippen LogP) is 1.99. The number of imide groups is 1. The van der Waals surface area contributed by atoms with Crippen molar-refractivity contribution in [3.63, 3.8) is 0 Å². The van der Waals surface area contributed by atoms with Crippen LogP contribution in [0.5, 0.6) is 0 Å². The number of rotatable bonds is 4. The number of benzene rings is 1. The fourth-order valence-corrected chi connectivity index (χ4v) is 4.67. The van der Waals surface area contributed by atoms with Crippen molar-refractivity contribution in [2.45, 2.75) is 0 Å². The number of thioether (sulfide) groups is 1. The summed E-state index contributed by atoms with van der Waals surface area (Å²) in [5.41, 5.74) is 1.31. The Hall–Kier alpha value is -3.64. The fourth-order valence-electron chi connectivity index (χ4n) is 4.00. The molecule has 3 fully saturated rings. The second-order valence-corrected chi connectivity index (χ2v) is 9.19. The third kappa shape index (κ3) is 5.54.